The number of carbonyl (C=O) groups is 1. The molecule has 2 aromatic rings. The van der Waals surface area contributed by atoms with Crippen LogP contribution in [-0.4, -0.2) is 21.3 Å². The van der Waals surface area contributed by atoms with Crippen LogP contribution in [-0.2, 0) is 0 Å². The molecule has 2 rings (SSSR count). The third kappa shape index (κ3) is 2.33. The molecule has 2 N–H and O–H groups in total. The zero-order valence-electron chi connectivity index (χ0n) is 8.29. The summed E-state index contributed by atoms with van der Waals surface area (Å²) in [7, 11) is 0. The van der Waals surface area contributed by atoms with E-state index >= 15 is 0 Å². The Morgan fingerprint density at radius 1 is 1.06 bits per heavy atom. The predicted octanol–water partition coefficient (Wildman–Crippen LogP) is 1.92. The Bertz CT molecular complexity index is 482. The average molecular weight is 215 g/mol. The molecule has 0 amide bonds. The minimum absolute atomic E-state index is 0.0707. The number of nitrogens with one attached hydrogen (secondary N) is 1. The highest BCUT2D eigenvalue weighted by atomic mass is 16.4. The van der Waals surface area contributed by atoms with Gasteiger partial charge in [0.15, 0.2) is 11.5 Å². The summed E-state index contributed by atoms with van der Waals surface area (Å²) in [6, 6.07) is 12.4. The van der Waals surface area contributed by atoms with Gasteiger partial charge in [0, 0.05) is 5.69 Å². The second-order valence-electron chi connectivity index (χ2n) is 3.10. The lowest BCUT2D eigenvalue weighted by Gasteiger charge is -2.03. The number of nitrogens with zero attached hydrogens (tertiary/aromatic N) is 2. The number of aromatic carboxylic acids is 1. The second-order valence-corrected chi connectivity index (χ2v) is 3.10. The molecule has 0 fully saturated rings. The molecular formula is C11H9N3O2. The summed E-state index contributed by atoms with van der Waals surface area (Å²) >= 11 is 0. The highest BCUT2D eigenvalue weighted by molar-refractivity contribution is 5.85. The molecule has 5 heteroatoms. The van der Waals surface area contributed by atoms with Gasteiger partial charge in [0.1, 0.15) is 0 Å². The van der Waals surface area contributed by atoms with Crippen molar-refractivity contribution in [2.24, 2.45) is 0 Å². The van der Waals surface area contributed by atoms with E-state index in [1.165, 1.54) is 6.07 Å². The van der Waals surface area contributed by atoms with Gasteiger partial charge < -0.3 is 10.4 Å². The van der Waals surface area contributed by atoms with Crippen molar-refractivity contribution in [3.8, 4) is 0 Å². The lowest BCUT2D eigenvalue weighted by molar-refractivity contribution is 0.0689. The van der Waals surface area contributed by atoms with E-state index in [9.17, 15) is 4.79 Å². The van der Waals surface area contributed by atoms with E-state index in [4.69, 9.17) is 5.11 Å². The minimum Gasteiger partial charge on any atom is -0.476 e. The number of aromatic nitrogens is 2. The van der Waals surface area contributed by atoms with Crippen LogP contribution in [0.15, 0.2) is 42.5 Å². The first-order valence-electron chi connectivity index (χ1n) is 4.65. The maximum Gasteiger partial charge on any atom is 0.356 e. The predicted molar refractivity (Wildman–Crippen MR) is 58.7 cm³/mol. The molecule has 80 valence electrons. The van der Waals surface area contributed by atoms with E-state index in [-0.39, 0.29) is 5.69 Å². The Kier molecular flexibility index (Phi) is 2.77. The SMILES string of the molecule is O=C(O)c1ccc(Nc2ccccc2)nn1. The van der Waals surface area contributed by atoms with Crippen molar-refractivity contribution in [2.45, 2.75) is 0 Å². The van der Waals surface area contributed by atoms with Crippen LogP contribution in [0.1, 0.15) is 10.5 Å². The molecule has 0 unspecified atom stereocenters. The van der Waals surface area contributed by atoms with Crippen LogP contribution in [0.3, 0.4) is 0 Å². The number of rotatable bonds is 3. The zero-order valence-corrected chi connectivity index (χ0v) is 8.29. The number of anilines is 2. The fourth-order valence-electron chi connectivity index (χ4n) is 1.18. The smallest absolute Gasteiger partial charge is 0.356 e. The lowest BCUT2D eigenvalue weighted by atomic mass is 10.3. The summed E-state index contributed by atoms with van der Waals surface area (Å²) in [4.78, 5) is 10.5. The molecule has 5 nitrogen and oxygen atoms in total. The van der Waals surface area contributed by atoms with Crippen molar-refractivity contribution in [3.05, 3.63) is 48.2 Å². The fraction of sp³-hybridized carbons (Fsp3) is 0. The Morgan fingerprint density at radius 3 is 2.38 bits per heavy atom. The third-order valence-electron chi connectivity index (χ3n) is 1.93. The molecule has 0 spiro atoms. The summed E-state index contributed by atoms with van der Waals surface area (Å²) in [5.74, 6) is -0.574. The number of para-hydroxylation sites is 1. The Hall–Kier alpha value is -2.43. The molecule has 1 aromatic carbocycles. The first-order valence-corrected chi connectivity index (χ1v) is 4.65. The van der Waals surface area contributed by atoms with E-state index in [0.717, 1.165) is 5.69 Å². The minimum atomic E-state index is -1.08. The molecule has 0 aliphatic rings. The van der Waals surface area contributed by atoms with Crippen LogP contribution in [0.5, 0.6) is 0 Å². The van der Waals surface area contributed by atoms with Gasteiger partial charge in [0.25, 0.3) is 0 Å². The normalized spacial score (nSPS) is 9.75. The van der Waals surface area contributed by atoms with Crippen molar-refractivity contribution < 1.29 is 9.90 Å². The van der Waals surface area contributed by atoms with Gasteiger partial charge in [-0.05, 0) is 24.3 Å². The number of hydrogen-bond donors (Lipinski definition) is 2. The maximum atomic E-state index is 10.5. The largest absolute Gasteiger partial charge is 0.476 e. The summed E-state index contributed by atoms with van der Waals surface area (Å²) in [6.45, 7) is 0. The fourth-order valence-corrected chi connectivity index (χ4v) is 1.18. The molecule has 0 radical (unpaired) electrons. The number of hydrogen-bond acceptors (Lipinski definition) is 4. The van der Waals surface area contributed by atoms with Gasteiger partial charge in [-0.2, -0.15) is 0 Å². The number of carboxylic acid groups (broad SMARTS) is 1. The Labute approximate surface area is 91.8 Å². The van der Waals surface area contributed by atoms with Gasteiger partial charge in [-0.3, -0.25) is 0 Å². The number of carboxylic acids is 1. The van der Waals surface area contributed by atoms with E-state index in [2.05, 4.69) is 15.5 Å². The van der Waals surface area contributed by atoms with Crippen molar-refractivity contribution in [1.82, 2.24) is 10.2 Å². The molecular weight excluding hydrogens is 206 g/mol. The van der Waals surface area contributed by atoms with Gasteiger partial charge in [-0.1, -0.05) is 18.2 Å². The summed E-state index contributed by atoms with van der Waals surface area (Å²) in [6.07, 6.45) is 0. The number of benzene rings is 1. The maximum absolute atomic E-state index is 10.5. The lowest BCUT2D eigenvalue weighted by Crippen LogP contribution is -2.03. The molecule has 0 aliphatic carbocycles. The van der Waals surface area contributed by atoms with Gasteiger partial charge in [0.05, 0.1) is 0 Å². The Balaban J connectivity index is 2.14. The van der Waals surface area contributed by atoms with Crippen LogP contribution in [0.2, 0.25) is 0 Å². The van der Waals surface area contributed by atoms with Gasteiger partial charge >= 0.3 is 5.97 Å². The van der Waals surface area contributed by atoms with Gasteiger partial charge in [-0.15, -0.1) is 10.2 Å². The standard InChI is InChI=1S/C11H9N3O2/c15-11(16)9-6-7-10(14-13-9)12-8-4-2-1-3-5-8/h1-7H,(H,12,14)(H,15,16). The molecule has 0 aliphatic heterocycles. The third-order valence-corrected chi connectivity index (χ3v) is 1.93. The van der Waals surface area contributed by atoms with Crippen LogP contribution in [0, 0.1) is 0 Å². The highest BCUT2D eigenvalue weighted by Crippen LogP contribution is 2.12. The van der Waals surface area contributed by atoms with Crippen molar-refractivity contribution >= 4 is 17.5 Å². The van der Waals surface area contributed by atoms with Crippen LogP contribution < -0.4 is 5.32 Å². The van der Waals surface area contributed by atoms with E-state index in [0.29, 0.717) is 5.82 Å². The second kappa shape index (κ2) is 4.39. The van der Waals surface area contributed by atoms with E-state index in [1.54, 1.807) is 6.07 Å². The quantitative estimate of drug-likeness (QED) is 0.818. The molecule has 0 saturated heterocycles. The van der Waals surface area contributed by atoms with Crippen molar-refractivity contribution in [2.75, 3.05) is 5.32 Å². The zero-order chi connectivity index (χ0) is 11.4. The van der Waals surface area contributed by atoms with Gasteiger partial charge in [0.2, 0.25) is 0 Å². The highest BCUT2D eigenvalue weighted by Gasteiger charge is 2.04. The van der Waals surface area contributed by atoms with Crippen LogP contribution >= 0.6 is 0 Å². The van der Waals surface area contributed by atoms with E-state index < -0.39 is 5.97 Å². The summed E-state index contributed by atoms with van der Waals surface area (Å²) < 4.78 is 0. The molecule has 1 aromatic heterocycles. The first kappa shape index (κ1) is 10.1. The van der Waals surface area contributed by atoms with Crippen LogP contribution in [0.25, 0.3) is 0 Å². The first-order chi connectivity index (χ1) is 7.75. The van der Waals surface area contributed by atoms with Crippen molar-refractivity contribution in [3.63, 3.8) is 0 Å². The molecule has 16 heavy (non-hydrogen) atoms. The van der Waals surface area contributed by atoms with Gasteiger partial charge in [-0.25, -0.2) is 4.79 Å². The molecule has 0 bridgehead atoms. The summed E-state index contributed by atoms with van der Waals surface area (Å²) in [5.41, 5.74) is 0.804. The Morgan fingerprint density at radius 2 is 1.81 bits per heavy atom. The molecule has 0 saturated carbocycles. The topological polar surface area (TPSA) is 75.1 Å². The van der Waals surface area contributed by atoms with Crippen molar-refractivity contribution in [1.29, 1.82) is 0 Å². The summed E-state index contributed by atoms with van der Waals surface area (Å²) in [5, 5.41) is 19.0. The average Bonchev–Trinajstić information content (AvgIpc) is 2.31. The monoisotopic (exact) mass is 215 g/mol. The molecule has 1 heterocycles. The van der Waals surface area contributed by atoms with E-state index in [1.807, 2.05) is 30.3 Å². The van der Waals surface area contributed by atoms with Crippen LogP contribution in [0.4, 0.5) is 11.5 Å². The molecule has 0 atom stereocenters.